The second-order valence-electron chi connectivity index (χ2n) is 4.01. The summed E-state index contributed by atoms with van der Waals surface area (Å²) in [6.45, 7) is 1.56. The van der Waals surface area contributed by atoms with Crippen molar-refractivity contribution >= 4 is 5.78 Å². The minimum Gasteiger partial charge on any atom is -0.279 e. The predicted octanol–water partition coefficient (Wildman–Crippen LogP) is 3.43. The van der Waals surface area contributed by atoms with E-state index in [-0.39, 0.29) is 5.56 Å². The van der Waals surface area contributed by atoms with Gasteiger partial charge in [0.25, 0.3) is 0 Å². The first-order valence-electron chi connectivity index (χ1n) is 6.04. The number of rotatable bonds is 1. The van der Waals surface area contributed by atoms with E-state index in [0.29, 0.717) is 5.56 Å². The summed E-state index contributed by atoms with van der Waals surface area (Å²) in [6, 6.07) is 13.3. The molecule has 0 saturated carbocycles. The summed E-state index contributed by atoms with van der Waals surface area (Å²) in [5.74, 6) is 9.85. The van der Waals surface area contributed by atoms with E-state index in [1.54, 1.807) is 6.92 Å². The zero-order valence-corrected chi connectivity index (χ0v) is 10.9. The summed E-state index contributed by atoms with van der Waals surface area (Å²) >= 11 is 0. The van der Waals surface area contributed by atoms with Gasteiger partial charge in [-0.3, -0.25) is 4.79 Å². The molecule has 0 aromatic heterocycles. The monoisotopic (exact) mass is 262 g/mol. The molecule has 0 fully saturated rings. The third-order valence-electron chi connectivity index (χ3n) is 2.58. The Morgan fingerprint density at radius 3 is 2.50 bits per heavy atom. The standard InChI is InChI=1S/C18H11FO/c1-2-6-18(20)17-13-16(19)12-11-15(17)10-9-14-7-4-3-5-8-14/h3-5,7-8,11-13H,1H3. The van der Waals surface area contributed by atoms with Gasteiger partial charge in [0.2, 0.25) is 5.78 Å². The Hall–Kier alpha value is -2.84. The maximum absolute atomic E-state index is 13.3. The minimum absolute atomic E-state index is 0.197. The molecule has 2 heteroatoms. The van der Waals surface area contributed by atoms with Gasteiger partial charge in [0.05, 0.1) is 0 Å². The molecular weight excluding hydrogens is 251 g/mol. The van der Waals surface area contributed by atoms with E-state index >= 15 is 0 Å². The van der Waals surface area contributed by atoms with E-state index in [0.717, 1.165) is 5.56 Å². The van der Waals surface area contributed by atoms with Crippen LogP contribution in [-0.2, 0) is 0 Å². The number of ketones is 1. The Kier molecular flexibility index (Phi) is 4.32. The van der Waals surface area contributed by atoms with Gasteiger partial charge in [-0.25, -0.2) is 4.39 Å². The van der Waals surface area contributed by atoms with E-state index in [1.165, 1.54) is 18.2 Å². The topological polar surface area (TPSA) is 17.1 Å². The number of hydrogen-bond acceptors (Lipinski definition) is 1. The van der Waals surface area contributed by atoms with Crippen LogP contribution >= 0.6 is 0 Å². The van der Waals surface area contributed by atoms with Crippen LogP contribution in [0, 0.1) is 29.5 Å². The first kappa shape index (κ1) is 13.6. The van der Waals surface area contributed by atoms with E-state index < -0.39 is 11.6 Å². The number of hydrogen-bond donors (Lipinski definition) is 0. The maximum Gasteiger partial charge on any atom is 0.237 e. The van der Waals surface area contributed by atoms with Crippen LogP contribution < -0.4 is 0 Å². The van der Waals surface area contributed by atoms with Gasteiger partial charge in [0.1, 0.15) is 5.82 Å². The van der Waals surface area contributed by atoms with E-state index in [4.69, 9.17) is 0 Å². The molecule has 20 heavy (non-hydrogen) atoms. The highest BCUT2D eigenvalue weighted by molar-refractivity contribution is 6.10. The van der Waals surface area contributed by atoms with Crippen molar-refractivity contribution in [2.45, 2.75) is 6.92 Å². The highest BCUT2D eigenvalue weighted by Gasteiger charge is 2.09. The second kappa shape index (κ2) is 6.36. The van der Waals surface area contributed by atoms with Crippen LogP contribution in [0.5, 0.6) is 0 Å². The molecule has 0 spiro atoms. The lowest BCUT2D eigenvalue weighted by Crippen LogP contribution is -2.00. The third kappa shape index (κ3) is 3.34. The maximum atomic E-state index is 13.3. The number of benzene rings is 2. The van der Waals surface area contributed by atoms with Gasteiger partial charge in [0.15, 0.2) is 0 Å². The molecule has 0 saturated heterocycles. The summed E-state index contributed by atoms with van der Waals surface area (Å²) in [5.41, 5.74) is 1.50. The summed E-state index contributed by atoms with van der Waals surface area (Å²) < 4.78 is 13.3. The van der Waals surface area contributed by atoms with Crippen molar-refractivity contribution in [1.82, 2.24) is 0 Å². The van der Waals surface area contributed by atoms with Crippen molar-refractivity contribution < 1.29 is 9.18 Å². The molecule has 0 aliphatic rings. The van der Waals surface area contributed by atoms with E-state index in [2.05, 4.69) is 23.7 Å². The molecule has 0 radical (unpaired) electrons. The van der Waals surface area contributed by atoms with Gasteiger partial charge in [0, 0.05) is 16.7 Å². The molecule has 0 atom stereocenters. The lowest BCUT2D eigenvalue weighted by Gasteiger charge is -1.99. The minimum atomic E-state index is -0.475. The summed E-state index contributed by atoms with van der Waals surface area (Å²) in [7, 11) is 0. The summed E-state index contributed by atoms with van der Waals surface area (Å²) in [4.78, 5) is 11.8. The van der Waals surface area contributed by atoms with Gasteiger partial charge in [-0.15, -0.1) is 0 Å². The molecule has 2 aromatic rings. The van der Waals surface area contributed by atoms with Crippen molar-refractivity contribution in [3.05, 3.63) is 71.0 Å². The van der Waals surface area contributed by atoms with Crippen LogP contribution in [0.1, 0.15) is 28.4 Å². The Bertz CT molecular complexity index is 753. The molecule has 0 aliphatic heterocycles. The van der Waals surface area contributed by atoms with Crippen molar-refractivity contribution in [3.8, 4) is 23.7 Å². The first-order valence-corrected chi connectivity index (χ1v) is 6.04. The fourth-order valence-corrected chi connectivity index (χ4v) is 1.66. The van der Waals surface area contributed by atoms with Gasteiger partial charge in [-0.1, -0.05) is 36.0 Å². The highest BCUT2D eigenvalue weighted by atomic mass is 19.1. The van der Waals surface area contributed by atoms with Gasteiger partial charge >= 0.3 is 0 Å². The van der Waals surface area contributed by atoms with Crippen LogP contribution in [0.4, 0.5) is 4.39 Å². The highest BCUT2D eigenvalue weighted by Crippen LogP contribution is 2.11. The summed E-state index contributed by atoms with van der Waals surface area (Å²) in [6.07, 6.45) is 0. The zero-order chi connectivity index (χ0) is 14.4. The molecule has 1 nitrogen and oxygen atoms in total. The molecule has 0 amide bonds. The lowest BCUT2D eigenvalue weighted by atomic mass is 10.0. The van der Waals surface area contributed by atoms with Crippen LogP contribution in [0.3, 0.4) is 0 Å². The van der Waals surface area contributed by atoms with Crippen LogP contribution in [0.2, 0.25) is 0 Å². The quantitative estimate of drug-likeness (QED) is 0.437. The predicted molar refractivity (Wildman–Crippen MR) is 76.6 cm³/mol. The Labute approximate surface area is 117 Å². The number of halogens is 1. The Balaban J connectivity index is 2.44. The van der Waals surface area contributed by atoms with Gasteiger partial charge in [-0.2, -0.15) is 0 Å². The van der Waals surface area contributed by atoms with Crippen molar-refractivity contribution in [1.29, 1.82) is 0 Å². The molecule has 0 N–H and O–H groups in total. The second-order valence-corrected chi connectivity index (χ2v) is 4.01. The number of carbonyl (C=O) groups excluding carboxylic acids is 1. The average Bonchev–Trinajstić information content (AvgIpc) is 2.47. The average molecular weight is 262 g/mol. The molecule has 0 aliphatic carbocycles. The normalized spacial score (nSPS) is 8.90. The molecule has 2 rings (SSSR count). The fourth-order valence-electron chi connectivity index (χ4n) is 1.66. The number of carbonyl (C=O) groups is 1. The Morgan fingerprint density at radius 2 is 1.80 bits per heavy atom. The first-order chi connectivity index (χ1) is 9.70. The molecular formula is C18H11FO. The van der Waals surface area contributed by atoms with E-state index in [9.17, 15) is 9.18 Å². The van der Waals surface area contributed by atoms with Gasteiger partial charge in [-0.05, 0) is 43.2 Å². The molecule has 96 valence electrons. The third-order valence-corrected chi connectivity index (χ3v) is 2.58. The van der Waals surface area contributed by atoms with Gasteiger partial charge < -0.3 is 0 Å². The van der Waals surface area contributed by atoms with Crippen LogP contribution in [0.15, 0.2) is 48.5 Å². The van der Waals surface area contributed by atoms with Crippen LogP contribution in [0.25, 0.3) is 0 Å². The molecule has 0 bridgehead atoms. The fraction of sp³-hybridized carbons (Fsp3) is 0.0556. The smallest absolute Gasteiger partial charge is 0.237 e. The van der Waals surface area contributed by atoms with Crippen molar-refractivity contribution in [2.24, 2.45) is 0 Å². The number of Topliss-reactive ketones (excluding diaryl/α,β-unsaturated/α-hetero) is 1. The zero-order valence-electron chi connectivity index (χ0n) is 10.9. The van der Waals surface area contributed by atoms with Crippen molar-refractivity contribution in [2.75, 3.05) is 0 Å². The molecule has 2 aromatic carbocycles. The SMILES string of the molecule is CC#CC(=O)c1cc(F)ccc1C#Cc1ccccc1. The Morgan fingerprint density at radius 1 is 1.05 bits per heavy atom. The molecule has 0 unspecified atom stereocenters. The molecule has 0 heterocycles. The van der Waals surface area contributed by atoms with Crippen LogP contribution in [-0.4, -0.2) is 5.78 Å². The summed E-state index contributed by atoms with van der Waals surface area (Å²) in [5, 5.41) is 0. The van der Waals surface area contributed by atoms with Crippen molar-refractivity contribution in [3.63, 3.8) is 0 Å². The van der Waals surface area contributed by atoms with E-state index in [1.807, 2.05) is 30.3 Å². The lowest BCUT2D eigenvalue weighted by molar-refractivity contribution is 0.105. The largest absolute Gasteiger partial charge is 0.279 e.